The van der Waals surface area contributed by atoms with E-state index in [9.17, 15) is 8.42 Å². The van der Waals surface area contributed by atoms with Crippen LogP contribution in [0.15, 0.2) is 58.6 Å². The number of hydrogen-bond acceptors (Lipinski definition) is 4. The van der Waals surface area contributed by atoms with Crippen LogP contribution in [0.4, 0.5) is 0 Å². The molecule has 1 aliphatic rings. The van der Waals surface area contributed by atoms with Crippen LogP contribution in [0.1, 0.15) is 18.4 Å². The monoisotopic (exact) mass is 362 g/mol. The van der Waals surface area contributed by atoms with Crippen molar-refractivity contribution >= 4 is 21.8 Å². The third-order valence-corrected chi connectivity index (χ3v) is 7.43. The van der Waals surface area contributed by atoms with E-state index in [0.717, 1.165) is 29.2 Å². The third-order valence-electron chi connectivity index (χ3n) is 4.34. The van der Waals surface area contributed by atoms with E-state index in [4.69, 9.17) is 0 Å². The van der Waals surface area contributed by atoms with Crippen LogP contribution < -0.4 is 0 Å². The minimum Gasteiger partial charge on any atom is -0.250 e. The first-order chi connectivity index (χ1) is 11.6. The molecule has 128 valence electrons. The highest BCUT2D eigenvalue weighted by molar-refractivity contribution is 7.99. The van der Waals surface area contributed by atoms with Gasteiger partial charge in [0.1, 0.15) is 0 Å². The molecule has 2 aromatic rings. The van der Waals surface area contributed by atoms with Gasteiger partial charge in [0.15, 0.2) is 0 Å². The average molecular weight is 363 g/mol. The number of sulfonamides is 1. The van der Waals surface area contributed by atoms with E-state index >= 15 is 0 Å². The summed E-state index contributed by atoms with van der Waals surface area (Å²) in [6.07, 6.45) is 3.62. The third kappa shape index (κ3) is 4.18. The average Bonchev–Trinajstić information content (AvgIpc) is 2.61. The molecule has 0 saturated carbocycles. The smallest absolute Gasteiger partial charge is 0.243 e. The Morgan fingerprint density at radius 2 is 1.83 bits per heavy atom. The van der Waals surface area contributed by atoms with E-state index in [1.807, 2.05) is 37.3 Å². The number of benzene rings is 1. The van der Waals surface area contributed by atoms with Gasteiger partial charge in [0.25, 0.3) is 0 Å². The predicted molar refractivity (Wildman–Crippen MR) is 97.6 cm³/mol. The lowest BCUT2D eigenvalue weighted by Crippen LogP contribution is -2.38. The number of nitrogens with zero attached hydrogens (tertiary/aromatic N) is 2. The van der Waals surface area contributed by atoms with Crippen LogP contribution in [0.2, 0.25) is 0 Å². The quantitative estimate of drug-likeness (QED) is 0.763. The topological polar surface area (TPSA) is 50.3 Å². The summed E-state index contributed by atoms with van der Waals surface area (Å²) in [4.78, 5) is 4.72. The van der Waals surface area contributed by atoms with Gasteiger partial charge in [-0.25, -0.2) is 13.4 Å². The van der Waals surface area contributed by atoms with Crippen molar-refractivity contribution in [3.8, 4) is 0 Å². The highest BCUT2D eigenvalue weighted by Crippen LogP contribution is 2.28. The van der Waals surface area contributed by atoms with E-state index < -0.39 is 10.0 Å². The van der Waals surface area contributed by atoms with Gasteiger partial charge in [-0.05, 0) is 49.9 Å². The molecule has 0 atom stereocenters. The van der Waals surface area contributed by atoms with E-state index in [1.165, 1.54) is 0 Å². The molecule has 1 aromatic heterocycles. The zero-order chi connectivity index (χ0) is 17.0. The van der Waals surface area contributed by atoms with Crippen LogP contribution in [-0.2, 0) is 10.0 Å². The molecular formula is C18H22N2O2S2. The minimum atomic E-state index is -3.36. The Morgan fingerprint density at radius 1 is 1.12 bits per heavy atom. The SMILES string of the molecule is Cc1ccc(S(=O)(=O)N2CCC(CSc3ccccn3)CC2)cc1. The van der Waals surface area contributed by atoms with Crippen molar-refractivity contribution < 1.29 is 8.42 Å². The fourth-order valence-electron chi connectivity index (χ4n) is 2.81. The highest BCUT2D eigenvalue weighted by Gasteiger charge is 2.29. The summed E-state index contributed by atoms with van der Waals surface area (Å²) in [5.74, 6) is 1.54. The normalized spacial score (nSPS) is 17.0. The molecule has 2 heterocycles. The summed E-state index contributed by atoms with van der Waals surface area (Å²) < 4.78 is 27.0. The molecule has 0 N–H and O–H groups in total. The van der Waals surface area contributed by atoms with Gasteiger partial charge in [0, 0.05) is 25.0 Å². The number of piperidine rings is 1. The van der Waals surface area contributed by atoms with Crippen molar-refractivity contribution in [1.29, 1.82) is 0 Å². The number of hydrogen-bond donors (Lipinski definition) is 0. The summed E-state index contributed by atoms with van der Waals surface area (Å²) >= 11 is 1.75. The molecule has 1 saturated heterocycles. The Kier molecular flexibility index (Phi) is 5.58. The molecule has 24 heavy (non-hydrogen) atoms. The van der Waals surface area contributed by atoms with E-state index in [2.05, 4.69) is 4.98 Å². The van der Waals surface area contributed by atoms with Gasteiger partial charge in [-0.3, -0.25) is 0 Å². The maximum Gasteiger partial charge on any atom is 0.243 e. The molecule has 4 nitrogen and oxygen atoms in total. The zero-order valence-corrected chi connectivity index (χ0v) is 15.4. The Balaban J connectivity index is 1.55. The van der Waals surface area contributed by atoms with Gasteiger partial charge < -0.3 is 0 Å². The number of rotatable bonds is 5. The van der Waals surface area contributed by atoms with Gasteiger partial charge in [0.05, 0.1) is 9.92 Å². The van der Waals surface area contributed by atoms with Crippen LogP contribution in [0, 0.1) is 12.8 Å². The highest BCUT2D eigenvalue weighted by atomic mass is 32.2. The van der Waals surface area contributed by atoms with Crippen LogP contribution in [0.5, 0.6) is 0 Å². The molecule has 3 rings (SSSR count). The van der Waals surface area contributed by atoms with E-state index in [1.54, 1.807) is 34.4 Å². The number of thioether (sulfide) groups is 1. The molecule has 0 spiro atoms. The Bertz CT molecular complexity index is 753. The molecular weight excluding hydrogens is 340 g/mol. The van der Waals surface area contributed by atoms with Crippen molar-refractivity contribution in [2.75, 3.05) is 18.8 Å². The lowest BCUT2D eigenvalue weighted by molar-refractivity contribution is 0.291. The first kappa shape index (κ1) is 17.5. The summed E-state index contributed by atoms with van der Waals surface area (Å²) in [7, 11) is -3.36. The summed E-state index contributed by atoms with van der Waals surface area (Å²) in [5.41, 5.74) is 1.07. The minimum absolute atomic E-state index is 0.398. The lowest BCUT2D eigenvalue weighted by atomic mass is 10.0. The molecule has 0 radical (unpaired) electrons. The van der Waals surface area contributed by atoms with Gasteiger partial charge in [0.2, 0.25) is 10.0 Å². The second-order valence-electron chi connectivity index (χ2n) is 6.14. The lowest BCUT2D eigenvalue weighted by Gasteiger charge is -2.31. The number of aryl methyl sites for hydroxylation is 1. The zero-order valence-electron chi connectivity index (χ0n) is 13.8. The van der Waals surface area contributed by atoms with Crippen molar-refractivity contribution in [3.05, 3.63) is 54.2 Å². The van der Waals surface area contributed by atoms with Gasteiger partial charge in [-0.1, -0.05) is 23.8 Å². The Labute approximate surface area is 148 Å². The molecule has 1 fully saturated rings. The van der Waals surface area contributed by atoms with Crippen LogP contribution >= 0.6 is 11.8 Å². The molecule has 1 aliphatic heterocycles. The van der Waals surface area contributed by atoms with Crippen molar-refractivity contribution in [2.24, 2.45) is 5.92 Å². The van der Waals surface area contributed by atoms with Gasteiger partial charge in [-0.2, -0.15) is 4.31 Å². The second kappa shape index (κ2) is 7.68. The van der Waals surface area contributed by atoms with Crippen molar-refractivity contribution in [3.63, 3.8) is 0 Å². The number of pyridine rings is 1. The van der Waals surface area contributed by atoms with Gasteiger partial charge in [-0.15, -0.1) is 11.8 Å². The predicted octanol–water partition coefficient (Wildman–Crippen LogP) is 3.58. The van der Waals surface area contributed by atoms with Crippen LogP contribution in [-0.4, -0.2) is 36.5 Å². The molecule has 0 amide bonds. The standard InChI is InChI=1S/C18H22N2O2S2/c1-15-5-7-17(8-6-15)24(21,22)20-12-9-16(10-13-20)14-23-18-4-2-3-11-19-18/h2-8,11,16H,9-10,12-14H2,1H3. The Hall–Kier alpha value is -1.37. The largest absolute Gasteiger partial charge is 0.250 e. The summed E-state index contributed by atoms with van der Waals surface area (Å²) in [6.45, 7) is 3.16. The molecule has 0 unspecified atom stereocenters. The summed E-state index contributed by atoms with van der Waals surface area (Å²) in [6, 6.07) is 13.0. The molecule has 6 heteroatoms. The fraction of sp³-hybridized carbons (Fsp3) is 0.389. The first-order valence-corrected chi connectivity index (χ1v) is 10.6. The van der Waals surface area contributed by atoms with Crippen LogP contribution in [0.25, 0.3) is 0 Å². The first-order valence-electron chi connectivity index (χ1n) is 8.16. The molecule has 0 aliphatic carbocycles. The van der Waals surface area contributed by atoms with Crippen molar-refractivity contribution in [1.82, 2.24) is 9.29 Å². The maximum atomic E-state index is 12.7. The Morgan fingerprint density at radius 3 is 2.46 bits per heavy atom. The van der Waals surface area contributed by atoms with Gasteiger partial charge >= 0.3 is 0 Å². The maximum absolute atomic E-state index is 12.7. The van der Waals surface area contributed by atoms with Crippen molar-refractivity contribution in [2.45, 2.75) is 29.7 Å². The fourth-order valence-corrected chi connectivity index (χ4v) is 5.33. The molecule has 0 bridgehead atoms. The summed E-state index contributed by atoms with van der Waals surface area (Å²) in [5, 5.41) is 1.03. The molecule has 1 aromatic carbocycles. The van der Waals surface area contributed by atoms with E-state index in [0.29, 0.717) is 23.9 Å². The number of aromatic nitrogens is 1. The second-order valence-corrected chi connectivity index (χ2v) is 9.12. The van der Waals surface area contributed by atoms with Crippen LogP contribution in [0.3, 0.4) is 0 Å². The van der Waals surface area contributed by atoms with E-state index in [-0.39, 0.29) is 0 Å².